The Balaban J connectivity index is 4.09. The van der Waals surface area contributed by atoms with Crippen LogP contribution in [0.2, 0.25) is 0 Å². The van der Waals surface area contributed by atoms with Gasteiger partial charge in [0.25, 0.3) is 0 Å². The Morgan fingerprint density at radius 2 is 1.78 bits per heavy atom. The molecule has 0 aliphatic heterocycles. The van der Waals surface area contributed by atoms with E-state index in [1.807, 2.05) is 13.8 Å². The molecule has 0 unspecified atom stereocenters. The van der Waals surface area contributed by atoms with Crippen molar-refractivity contribution in [3.8, 4) is 0 Å². The Hall–Kier alpha value is -0.600. The van der Waals surface area contributed by atoms with Gasteiger partial charge >= 0.3 is 0 Å². The Bertz CT molecular complexity index is 108. The molecule has 0 atom stereocenters. The highest BCUT2D eigenvalue weighted by atomic mass is 16.6. The van der Waals surface area contributed by atoms with Gasteiger partial charge in [-0.15, -0.1) is 0 Å². The van der Waals surface area contributed by atoms with E-state index in [4.69, 9.17) is 0 Å². The minimum atomic E-state index is -0.694. The van der Waals surface area contributed by atoms with E-state index in [0.717, 1.165) is 0 Å². The van der Waals surface area contributed by atoms with Crippen LogP contribution in [0.5, 0.6) is 0 Å². The lowest BCUT2D eigenvalue weighted by atomic mass is 9.97. The van der Waals surface area contributed by atoms with Gasteiger partial charge in [0.05, 0.1) is 0 Å². The minimum absolute atomic E-state index is 0.201. The van der Waals surface area contributed by atoms with Crippen LogP contribution in [0.1, 0.15) is 33.6 Å². The van der Waals surface area contributed by atoms with Gasteiger partial charge in [0.15, 0.2) is 0 Å². The summed E-state index contributed by atoms with van der Waals surface area (Å²) >= 11 is 0. The van der Waals surface area contributed by atoms with E-state index in [1.54, 1.807) is 6.92 Å². The number of nitrogens with zero attached hydrogens (tertiary/aromatic N) is 1. The summed E-state index contributed by atoms with van der Waals surface area (Å²) in [6.45, 7) is 5.35. The molecule has 0 aromatic heterocycles. The third-order valence-electron chi connectivity index (χ3n) is 1.96. The molecule has 0 aliphatic carbocycles. The molecule has 9 heavy (non-hydrogen) atoms. The molecule has 3 nitrogen and oxygen atoms in total. The van der Waals surface area contributed by atoms with Gasteiger partial charge in [-0.1, -0.05) is 13.8 Å². The van der Waals surface area contributed by atoms with Crippen molar-refractivity contribution in [1.29, 1.82) is 0 Å². The summed E-state index contributed by atoms with van der Waals surface area (Å²) in [5.74, 6) is 0. The van der Waals surface area contributed by atoms with Crippen molar-refractivity contribution in [2.45, 2.75) is 39.2 Å². The summed E-state index contributed by atoms with van der Waals surface area (Å²) < 4.78 is 0. The van der Waals surface area contributed by atoms with Crippen LogP contribution in [0.3, 0.4) is 0 Å². The summed E-state index contributed by atoms with van der Waals surface area (Å²) in [5.41, 5.74) is -0.694. The van der Waals surface area contributed by atoms with Crippen molar-refractivity contribution in [3.63, 3.8) is 0 Å². The largest absolute Gasteiger partial charge is 0.264 e. The van der Waals surface area contributed by atoms with Gasteiger partial charge < -0.3 is 0 Å². The highest BCUT2D eigenvalue weighted by Gasteiger charge is 2.31. The van der Waals surface area contributed by atoms with Crippen LogP contribution < -0.4 is 0 Å². The number of nitro groups is 1. The summed E-state index contributed by atoms with van der Waals surface area (Å²) in [7, 11) is 0. The van der Waals surface area contributed by atoms with Crippen molar-refractivity contribution >= 4 is 0 Å². The zero-order valence-electron chi connectivity index (χ0n) is 6.18. The maximum atomic E-state index is 10.3. The van der Waals surface area contributed by atoms with E-state index < -0.39 is 5.54 Å². The van der Waals surface area contributed by atoms with Crippen molar-refractivity contribution in [2.24, 2.45) is 0 Å². The van der Waals surface area contributed by atoms with Gasteiger partial charge in [-0.3, -0.25) is 10.1 Å². The van der Waals surface area contributed by atoms with Gasteiger partial charge in [-0.2, -0.15) is 0 Å². The van der Waals surface area contributed by atoms with Crippen LogP contribution in [-0.4, -0.2) is 10.5 Å². The van der Waals surface area contributed by atoms with Crippen LogP contribution in [-0.2, 0) is 0 Å². The summed E-state index contributed by atoms with van der Waals surface area (Å²) in [6, 6.07) is 0. The molecule has 0 rings (SSSR count). The van der Waals surface area contributed by atoms with Crippen molar-refractivity contribution < 1.29 is 4.92 Å². The average Bonchev–Trinajstić information content (AvgIpc) is 1.86. The monoisotopic (exact) mass is 131 g/mol. The first-order valence-corrected chi connectivity index (χ1v) is 3.21. The lowest BCUT2D eigenvalue weighted by molar-refractivity contribution is -0.566. The second-order valence-electron chi connectivity index (χ2n) is 2.46. The van der Waals surface area contributed by atoms with Gasteiger partial charge in [0.1, 0.15) is 0 Å². The van der Waals surface area contributed by atoms with E-state index in [-0.39, 0.29) is 4.92 Å². The summed E-state index contributed by atoms with van der Waals surface area (Å²) in [4.78, 5) is 10.1. The fourth-order valence-electron chi connectivity index (χ4n) is 0.508. The zero-order valence-corrected chi connectivity index (χ0v) is 6.18. The normalized spacial score (nSPS) is 11.4. The highest BCUT2D eigenvalue weighted by molar-refractivity contribution is 4.67. The fraction of sp³-hybridized carbons (Fsp3) is 1.00. The smallest absolute Gasteiger partial charge is 0.219 e. The molecule has 0 fully saturated rings. The van der Waals surface area contributed by atoms with E-state index in [9.17, 15) is 10.1 Å². The maximum Gasteiger partial charge on any atom is 0.219 e. The molecule has 54 valence electrons. The summed E-state index contributed by atoms with van der Waals surface area (Å²) in [5, 5.41) is 10.3. The Morgan fingerprint density at radius 1 is 1.44 bits per heavy atom. The molecule has 0 saturated heterocycles. The third-order valence-corrected chi connectivity index (χ3v) is 1.96. The Kier molecular flexibility index (Phi) is 2.62. The Labute approximate surface area is 55.2 Å². The fourth-order valence-corrected chi connectivity index (χ4v) is 0.508. The van der Waals surface area contributed by atoms with E-state index in [2.05, 4.69) is 0 Å². The van der Waals surface area contributed by atoms with Crippen LogP contribution in [0.4, 0.5) is 0 Å². The molecule has 0 N–H and O–H groups in total. The quantitative estimate of drug-likeness (QED) is 0.433. The molecule has 0 aliphatic rings. The van der Waals surface area contributed by atoms with Gasteiger partial charge in [0.2, 0.25) is 5.54 Å². The molecule has 0 spiro atoms. The maximum absolute atomic E-state index is 10.3. The molecule has 0 amide bonds. The van der Waals surface area contributed by atoms with Crippen molar-refractivity contribution in [3.05, 3.63) is 10.1 Å². The lowest BCUT2D eigenvalue weighted by Crippen LogP contribution is -2.32. The third kappa shape index (κ3) is 1.66. The van der Waals surface area contributed by atoms with Crippen LogP contribution >= 0.6 is 0 Å². The topological polar surface area (TPSA) is 43.1 Å². The molecule has 0 aromatic rings. The first kappa shape index (κ1) is 8.40. The lowest BCUT2D eigenvalue weighted by Gasteiger charge is -2.15. The predicted octanol–water partition coefficient (Wildman–Crippen LogP) is 1.84. The molecule has 3 heteroatoms. The highest BCUT2D eigenvalue weighted by Crippen LogP contribution is 2.17. The first-order valence-electron chi connectivity index (χ1n) is 3.21. The Morgan fingerprint density at radius 3 is 1.78 bits per heavy atom. The molecular weight excluding hydrogens is 118 g/mol. The molecule has 0 saturated carbocycles. The van der Waals surface area contributed by atoms with E-state index in [1.165, 1.54) is 0 Å². The average molecular weight is 131 g/mol. The zero-order chi connectivity index (χ0) is 7.49. The second-order valence-corrected chi connectivity index (χ2v) is 2.46. The van der Waals surface area contributed by atoms with Crippen molar-refractivity contribution in [2.75, 3.05) is 0 Å². The minimum Gasteiger partial charge on any atom is -0.264 e. The van der Waals surface area contributed by atoms with Gasteiger partial charge in [0, 0.05) is 24.7 Å². The predicted molar refractivity (Wildman–Crippen MR) is 36.0 cm³/mol. The molecule has 0 aromatic carbocycles. The first-order chi connectivity index (χ1) is 4.06. The number of rotatable bonds is 3. The van der Waals surface area contributed by atoms with E-state index >= 15 is 0 Å². The molecular formula is C6H13NO2. The molecule has 0 bridgehead atoms. The molecule has 0 radical (unpaired) electrons. The van der Waals surface area contributed by atoms with Crippen LogP contribution in [0, 0.1) is 10.1 Å². The number of hydrogen-bond acceptors (Lipinski definition) is 2. The van der Waals surface area contributed by atoms with Crippen LogP contribution in [0.15, 0.2) is 0 Å². The molecule has 0 heterocycles. The summed E-state index contributed by atoms with van der Waals surface area (Å²) in [6.07, 6.45) is 1.22. The van der Waals surface area contributed by atoms with Crippen LogP contribution in [0.25, 0.3) is 0 Å². The number of hydrogen-bond donors (Lipinski definition) is 0. The SMILES string of the molecule is CCC(C)(CC)[N+](=O)[O-]. The van der Waals surface area contributed by atoms with Crippen molar-refractivity contribution in [1.82, 2.24) is 0 Å². The second kappa shape index (κ2) is 2.80. The van der Waals surface area contributed by atoms with Gasteiger partial charge in [-0.05, 0) is 0 Å². The standard InChI is InChI=1S/C6H13NO2/c1-4-6(3,5-2)7(8)9/h4-5H2,1-3H3. The van der Waals surface area contributed by atoms with E-state index in [0.29, 0.717) is 12.8 Å². The van der Waals surface area contributed by atoms with Gasteiger partial charge in [-0.25, -0.2) is 0 Å².